The van der Waals surface area contributed by atoms with Crippen LogP contribution in [0, 0.1) is 0 Å². The van der Waals surface area contributed by atoms with Gasteiger partial charge >= 0.3 is 12.1 Å². The molecule has 1 fully saturated rings. The predicted octanol–water partition coefficient (Wildman–Crippen LogP) is 4.25. The summed E-state index contributed by atoms with van der Waals surface area (Å²) in [5, 5.41) is 8.35. The number of amides is 6. The molecule has 13 heteroatoms. The molecule has 0 aromatic heterocycles. The highest BCUT2D eigenvalue weighted by molar-refractivity contribution is 6.31. The fourth-order valence-corrected chi connectivity index (χ4v) is 5.60. The van der Waals surface area contributed by atoms with Crippen LogP contribution < -0.4 is 16.0 Å². The van der Waals surface area contributed by atoms with Gasteiger partial charge in [0.1, 0.15) is 12.6 Å². The molecule has 12 nitrogen and oxygen atoms in total. The topological polar surface area (TPSA) is 146 Å². The zero-order valence-corrected chi connectivity index (χ0v) is 26.7. The maximum Gasteiger partial charge on any atom is 0.409 e. The van der Waals surface area contributed by atoms with E-state index in [1.165, 1.54) is 9.80 Å². The number of halogens is 1. The van der Waals surface area contributed by atoms with E-state index in [0.29, 0.717) is 48.9 Å². The molecule has 3 aromatic carbocycles. The Morgan fingerprint density at radius 3 is 2.60 bits per heavy atom. The molecule has 3 aromatic rings. The van der Waals surface area contributed by atoms with E-state index in [1.54, 1.807) is 31.3 Å². The average Bonchev–Trinajstić information content (AvgIpc) is 3.38. The van der Waals surface area contributed by atoms with Crippen LogP contribution in [0.5, 0.6) is 0 Å². The monoisotopic (exact) mass is 661 g/mol. The minimum atomic E-state index is -0.680. The van der Waals surface area contributed by atoms with Gasteiger partial charge in [-0.25, -0.2) is 9.59 Å². The van der Waals surface area contributed by atoms with Gasteiger partial charge in [0.15, 0.2) is 0 Å². The van der Waals surface area contributed by atoms with E-state index < -0.39 is 24.1 Å². The second kappa shape index (κ2) is 15.6. The molecule has 1 saturated heterocycles. The largest absolute Gasteiger partial charge is 0.445 e. The van der Waals surface area contributed by atoms with Crippen LogP contribution in [0.3, 0.4) is 0 Å². The highest BCUT2D eigenvalue weighted by Gasteiger charge is 2.39. The Labute approximate surface area is 277 Å². The number of hydrogen-bond acceptors (Lipinski definition) is 7. The Kier molecular flexibility index (Phi) is 11.1. The van der Waals surface area contributed by atoms with E-state index in [-0.39, 0.29) is 37.9 Å². The van der Waals surface area contributed by atoms with Crippen molar-refractivity contribution in [1.29, 1.82) is 0 Å². The van der Waals surface area contributed by atoms with Gasteiger partial charge in [-0.1, -0.05) is 60.1 Å². The Morgan fingerprint density at radius 2 is 1.83 bits per heavy atom. The summed E-state index contributed by atoms with van der Waals surface area (Å²) in [6.45, 7) is 1.81. The van der Waals surface area contributed by atoms with E-state index in [2.05, 4.69) is 16.0 Å². The van der Waals surface area contributed by atoms with Crippen molar-refractivity contribution in [3.05, 3.63) is 99.6 Å². The lowest BCUT2D eigenvalue weighted by atomic mass is 10.0. The molecule has 3 N–H and O–H groups in total. The van der Waals surface area contributed by atoms with Gasteiger partial charge in [0, 0.05) is 49.4 Å². The van der Waals surface area contributed by atoms with Crippen molar-refractivity contribution in [2.24, 2.45) is 0 Å². The maximum atomic E-state index is 12.9. The Morgan fingerprint density at radius 1 is 1.02 bits per heavy atom. The minimum Gasteiger partial charge on any atom is -0.445 e. The number of nitrogens with one attached hydrogen (secondary N) is 3. The smallest absolute Gasteiger partial charge is 0.409 e. The summed E-state index contributed by atoms with van der Waals surface area (Å²) in [5.41, 5.74) is 4.36. The van der Waals surface area contributed by atoms with Crippen LogP contribution in [-0.4, -0.2) is 72.5 Å². The number of nitrogens with zero attached hydrogens (tertiary/aromatic N) is 2. The fourth-order valence-electron chi connectivity index (χ4n) is 5.33. The maximum absolute atomic E-state index is 12.9. The SMILES string of the molecule is CN(CCOCCc1ccc(NC(=O)NCc2ccc3c(c2)CN(C2CCC(=O)NC2=O)C3=O)cc1Cl)C(=O)OCc1ccccc1. The number of anilines is 1. The molecule has 2 heterocycles. The quantitative estimate of drug-likeness (QED) is 0.194. The van der Waals surface area contributed by atoms with Gasteiger partial charge in [-0.05, 0) is 53.3 Å². The van der Waals surface area contributed by atoms with Crippen LogP contribution in [0.1, 0.15) is 45.5 Å². The van der Waals surface area contributed by atoms with Crippen molar-refractivity contribution in [3.63, 3.8) is 0 Å². The van der Waals surface area contributed by atoms with Crippen LogP contribution in [-0.2, 0) is 45.2 Å². The van der Waals surface area contributed by atoms with Crippen LogP contribution in [0.25, 0.3) is 0 Å². The van der Waals surface area contributed by atoms with Gasteiger partial charge in [-0.2, -0.15) is 0 Å². The zero-order valence-electron chi connectivity index (χ0n) is 25.9. The lowest BCUT2D eigenvalue weighted by Crippen LogP contribution is -2.52. The summed E-state index contributed by atoms with van der Waals surface area (Å²) in [6, 6.07) is 18.9. The molecule has 2 aliphatic rings. The minimum absolute atomic E-state index is 0.193. The molecular weight excluding hydrogens is 626 g/mol. The molecule has 5 rings (SSSR count). The summed E-state index contributed by atoms with van der Waals surface area (Å²) in [5.74, 6) is -1.04. The van der Waals surface area contributed by atoms with E-state index in [1.807, 2.05) is 42.5 Å². The number of likely N-dealkylation sites (N-methyl/N-ethyl adjacent to an activating group) is 1. The Bertz CT molecular complexity index is 1650. The molecule has 1 unspecified atom stereocenters. The number of ether oxygens (including phenoxy) is 2. The predicted molar refractivity (Wildman–Crippen MR) is 174 cm³/mol. The van der Waals surface area contributed by atoms with E-state index in [4.69, 9.17) is 21.1 Å². The van der Waals surface area contributed by atoms with Crippen LogP contribution in [0.15, 0.2) is 66.7 Å². The lowest BCUT2D eigenvalue weighted by Gasteiger charge is -2.29. The molecule has 2 aliphatic heterocycles. The van der Waals surface area contributed by atoms with Crippen LogP contribution >= 0.6 is 11.6 Å². The van der Waals surface area contributed by atoms with Crippen molar-refractivity contribution < 1.29 is 33.4 Å². The van der Waals surface area contributed by atoms with Crippen molar-refractivity contribution in [1.82, 2.24) is 20.4 Å². The summed E-state index contributed by atoms with van der Waals surface area (Å²) < 4.78 is 11.0. The van der Waals surface area contributed by atoms with Crippen LogP contribution in [0.2, 0.25) is 5.02 Å². The first-order valence-electron chi connectivity index (χ1n) is 15.3. The molecule has 0 aliphatic carbocycles. The third kappa shape index (κ3) is 8.87. The first-order chi connectivity index (χ1) is 22.7. The first kappa shape index (κ1) is 33.4. The number of hydrogen-bond donors (Lipinski definition) is 3. The molecule has 1 atom stereocenters. The number of fused-ring (bicyclic) bond motifs is 1. The standard InChI is InChI=1S/C34H36ClN5O7/c1-39(34(45)47-21-22-5-3-2-4-6-22)14-16-46-15-13-24-8-9-26(18-28(24)35)37-33(44)36-19-23-7-10-27-25(17-23)20-40(32(27)43)29-11-12-30(41)38-31(29)42/h2-10,17-18,29H,11-16,19-21H2,1H3,(H2,36,37,44)(H,38,41,42). The fraction of sp³-hybridized carbons (Fsp3) is 0.324. The number of carbonyl (C=O) groups is 5. The van der Waals surface area contributed by atoms with E-state index >= 15 is 0 Å². The van der Waals surface area contributed by atoms with Crippen LogP contribution in [0.4, 0.5) is 15.3 Å². The molecular formula is C34H36ClN5O7. The van der Waals surface area contributed by atoms with Gasteiger partial charge in [-0.3, -0.25) is 19.7 Å². The number of benzene rings is 3. The normalized spacial score (nSPS) is 15.6. The average molecular weight is 662 g/mol. The summed E-state index contributed by atoms with van der Waals surface area (Å²) >= 11 is 6.46. The molecule has 0 radical (unpaired) electrons. The molecule has 6 amide bonds. The highest BCUT2D eigenvalue weighted by Crippen LogP contribution is 2.28. The first-order valence-corrected chi connectivity index (χ1v) is 15.6. The molecule has 0 saturated carbocycles. The number of carbonyl (C=O) groups excluding carboxylic acids is 5. The number of urea groups is 1. The number of rotatable bonds is 12. The van der Waals surface area contributed by atoms with Crippen molar-refractivity contribution >= 4 is 47.1 Å². The molecule has 0 spiro atoms. The second-order valence-electron chi connectivity index (χ2n) is 11.3. The Hall–Kier alpha value is -4.94. The van der Waals surface area contributed by atoms with Gasteiger partial charge in [0.05, 0.1) is 13.2 Å². The summed E-state index contributed by atoms with van der Waals surface area (Å²) in [7, 11) is 1.66. The third-order valence-corrected chi connectivity index (χ3v) is 8.31. The number of imide groups is 1. The summed E-state index contributed by atoms with van der Waals surface area (Å²) in [4.78, 5) is 64.4. The van der Waals surface area contributed by atoms with E-state index in [0.717, 1.165) is 22.3 Å². The second-order valence-corrected chi connectivity index (χ2v) is 11.7. The third-order valence-electron chi connectivity index (χ3n) is 7.96. The lowest BCUT2D eigenvalue weighted by molar-refractivity contribution is -0.136. The van der Waals surface area contributed by atoms with Crippen molar-refractivity contribution in [2.45, 2.75) is 45.0 Å². The zero-order chi connectivity index (χ0) is 33.3. The molecule has 246 valence electrons. The van der Waals surface area contributed by atoms with Gasteiger partial charge in [0.25, 0.3) is 5.91 Å². The van der Waals surface area contributed by atoms with E-state index in [9.17, 15) is 24.0 Å². The molecule has 0 bridgehead atoms. The van der Waals surface area contributed by atoms with Gasteiger partial charge in [-0.15, -0.1) is 0 Å². The Balaban J connectivity index is 1.01. The van der Waals surface area contributed by atoms with Gasteiger partial charge in [0.2, 0.25) is 11.8 Å². The molecule has 47 heavy (non-hydrogen) atoms. The number of piperidine rings is 1. The van der Waals surface area contributed by atoms with Crippen molar-refractivity contribution in [2.75, 3.05) is 32.1 Å². The summed E-state index contributed by atoms with van der Waals surface area (Å²) in [6.07, 6.45) is 0.619. The highest BCUT2D eigenvalue weighted by atomic mass is 35.5. The van der Waals surface area contributed by atoms with Gasteiger partial charge < -0.3 is 29.9 Å². The van der Waals surface area contributed by atoms with Crippen molar-refractivity contribution in [3.8, 4) is 0 Å².